The Morgan fingerprint density at radius 1 is 1.12 bits per heavy atom. The van der Waals surface area contributed by atoms with Crippen molar-refractivity contribution in [1.29, 1.82) is 0 Å². The van der Waals surface area contributed by atoms with Gasteiger partial charge in [-0.2, -0.15) is 0 Å². The summed E-state index contributed by atoms with van der Waals surface area (Å²) in [5.74, 6) is -1.73. The second-order valence-corrected chi connectivity index (χ2v) is 9.33. The molecule has 6 nitrogen and oxygen atoms in total. The van der Waals surface area contributed by atoms with Crippen LogP contribution in [0.1, 0.15) is 28.3 Å². The minimum absolute atomic E-state index is 0.0130. The summed E-state index contributed by atoms with van der Waals surface area (Å²) in [4.78, 5) is 36.7. The third-order valence-electron chi connectivity index (χ3n) is 5.64. The fraction of sp³-hybridized carbons (Fsp3) is 0.120. The molecule has 0 saturated carbocycles. The van der Waals surface area contributed by atoms with Crippen LogP contribution in [-0.2, 0) is 9.59 Å². The Bertz CT molecular complexity index is 1460. The van der Waals surface area contributed by atoms with Crippen LogP contribution in [0.5, 0.6) is 0 Å². The maximum Gasteiger partial charge on any atom is 0.301 e. The number of aliphatic hydroxyl groups excluding tert-OH is 1. The second-order valence-electron chi connectivity index (χ2n) is 7.88. The van der Waals surface area contributed by atoms with Crippen molar-refractivity contribution in [2.24, 2.45) is 0 Å². The fourth-order valence-electron chi connectivity index (χ4n) is 4.01. The second kappa shape index (κ2) is 8.10. The van der Waals surface area contributed by atoms with Crippen LogP contribution in [0.2, 0.25) is 5.02 Å². The first kappa shape index (κ1) is 21.3. The molecule has 1 N–H and O–H groups in total. The molecule has 1 unspecified atom stereocenters. The topological polar surface area (TPSA) is 83.4 Å². The number of benzene rings is 2. The van der Waals surface area contributed by atoms with E-state index >= 15 is 0 Å². The number of pyridine rings is 1. The lowest BCUT2D eigenvalue weighted by molar-refractivity contribution is -0.132. The smallest absolute Gasteiger partial charge is 0.301 e. The van der Waals surface area contributed by atoms with Crippen molar-refractivity contribution in [3.8, 4) is 0 Å². The maximum atomic E-state index is 13.3. The Labute approximate surface area is 198 Å². The number of aliphatic hydroxyl groups is 1. The van der Waals surface area contributed by atoms with E-state index in [0.29, 0.717) is 26.8 Å². The Balaban J connectivity index is 1.75. The van der Waals surface area contributed by atoms with Gasteiger partial charge in [0, 0.05) is 23.0 Å². The molecule has 1 aliphatic heterocycles. The molecule has 1 saturated heterocycles. The van der Waals surface area contributed by atoms with E-state index in [9.17, 15) is 14.7 Å². The molecule has 1 aliphatic rings. The predicted molar refractivity (Wildman–Crippen MR) is 130 cm³/mol. The molecule has 2 aromatic carbocycles. The van der Waals surface area contributed by atoms with E-state index in [-0.39, 0.29) is 11.3 Å². The van der Waals surface area contributed by atoms with Gasteiger partial charge in [0.1, 0.15) is 5.76 Å². The number of carbonyl (C=O) groups is 2. The lowest BCUT2D eigenvalue weighted by Crippen LogP contribution is -2.29. The number of hydrogen-bond donors (Lipinski definition) is 1. The Morgan fingerprint density at radius 2 is 1.94 bits per heavy atom. The number of halogens is 1. The first-order chi connectivity index (χ1) is 15.8. The summed E-state index contributed by atoms with van der Waals surface area (Å²) in [6.45, 7) is 3.75. The number of nitrogens with zero attached hydrogens (tertiary/aromatic N) is 3. The highest BCUT2D eigenvalue weighted by molar-refractivity contribution is 7.22. The third-order valence-corrected chi connectivity index (χ3v) is 6.89. The minimum atomic E-state index is -0.866. The molecule has 4 aromatic rings. The van der Waals surface area contributed by atoms with Crippen molar-refractivity contribution >= 4 is 55.7 Å². The van der Waals surface area contributed by atoms with Crippen LogP contribution in [-0.4, -0.2) is 26.8 Å². The monoisotopic (exact) mass is 475 g/mol. The van der Waals surface area contributed by atoms with Crippen LogP contribution in [0.15, 0.2) is 66.5 Å². The van der Waals surface area contributed by atoms with Gasteiger partial charge in [0.05, 0.1) is 21.8 Å². The van der Waals surface area contributed by atoms with Crippen molar-refractivity contribution in [3.05, 3.63) is 93.8 Å². The molecule has 3 heterocycles. The van der Waals surface area contributed by atoms with Gasteiger partial charge in [-0.1, -0.05) is 46.7 Å². The van der Waals surface area contributed by atoms with Crippen molar-refractivity contribution in [1.82, 2.24) is 9.97 Å². The molecular weight excluding hydrogens is 458 g/mol. The molecular formula is C25H18ClN3O3S. The van der Waals surface area contributed by atoms with E-state index in [1.54, 1.807) is 48.8 Å². The quantitative estimate of drug-likeness (QED) is 0.237. The molecule has 0 aliphatic carbocycles. The maximum absolute atomic E-state index is 13.3. The summed E-state index contributed by atoms with van der Waals surface area (Å²) < 4.78 is 0.791. The summed E-state index contributed by atoms with van der Waals surface area (Å²) in [6, 6.07) is 13.5. The number of hydrogen-bond acceptors (Lipinski definition) is 6. The average molecular weight is 476 g/mol. The fourth-order valence-corrected chi connectivity index (χ4v) is 5.28. The summed E-state index contributed by atoms with van der Waals surface area (Å²) in [5.41, 5.74) is 3.51. The molecule has 1 amide bonds. The molecule has 0 bridgehead atoms. The van der Waals surface area contributed by atoms with Gasteiger partial charge in [0.2, 0.25) is 0 Å². The molecule has 2 aromatic heterocycles. The number of thiazole rings is 1. The first-order valence-electron chi connectivity index (χ1n) is 10.2. The number of amides is 1. The number of fused-ring (bicyclic) bond motifs is 1. The largest absolute Gasteiger partial charge is 0.507 e. The van der Waals surface area contributed by atoms with E-state index in [1.807, 2.05) is 26.0 Å². The van der Waals surface area contributed by atoms with Gasteiger partial charge in [0.15, 0.2) is 5.13 Å². The van der Waals surface area contributed by atoms with Gasteiger partial charge >= 0.3 is 5.91 Å². The lowest BCUT2D eigenvalue weighted by atomic mass is 9.94. The van der Waals surface area contributed by atoms with Crippen molar-refractivity contribution in [2.75, 3.05) is 4.90 Å². The zero-order valence-corrected chi connectivity index (χ0v) is 19.3. The SMILES string of the molecule is Cc1ccc(C)c(C(O)=C2C(=O)C(=O)N(c3nc4ccc(Cl)cc4s3)C2c2cccnc2)c1. The van der Waals surface area contributed by atoms with Gasteiger partial charge in [-0.05, 0) is 55.3 Å². The number of Topliss-reactive ketones (excluding diaryl/α,β-unsaturated/α-hetero) is 1. The number of aryl methyl sites for hydroxylation is 2. The third kappa shape index (κ3) is 3.59. The van der Waals surface area contributed by atoms with Gasteiger partial charge in [-0.25, -0.2) is 4.98 Å². The highest BCUT2D eigenvalue weighted by atomic mass is 35.5. The molecule has 5 rings (SSSR count). The van der Waals surface area contributed by atoms with Crippen LogP contribution in [0.25, 0.3) is 16.0 Å². The zero-order chi connectivity index (χ0) is 23.3. The summed E-state index contributed by atoms with van der Waals surface area (Å²) >= 11 is 7.38. The average Bonchev–Trinajstić information content (AvgIpc) is 3.33. The Hall–Kier alpha value is -3.55. The summed E-state index contributed by atoms with van der Waals surface area (Å²) in [7, 11) is 0. The van der Waals surface area contributed by atoms with E-state index in [2.05, 4.69) is 9.97 Å². The normalized spacial score (nSPS) is 17.8. The van der Waals surface area contributed by atoms with E-state index < -0.39 is 17.7 Å². The summed E-state index contributed by atoms with van der Waals surface area (Å²) in [6.07, 6.45) is 3.20. The van der Waals surface area contributed by atoms with Crippen molar-refractivity contribution in [2.45, 2.75) is 19.9 Å². The van der Waals surface area contributed by atoms with Gasteiger partial charge in [0.25, 0.3) is 5.78 Å². The van der Waals surface area contributed by atoms with Crippen LogP contribution in [0, 0.1) is 13.8 Å². The van der Waals surface area contributed by atoms with E-state index in [4.69, 9.17) is 11.6 Å². The van der Waals surface area contributed by atoms with Crippen molar-refractivity contribution < 1.29 is 14.7 Å². The standard InChI is InChI=1S/C25H18ClN3O3S/c1-13-5-6-14(2)17(10-13)22(30)20-21(15-4-3-9-27-12-15)29(24(32)23(20)31)25-28-18-8-7-16(26)11-19(18)33-25/h3-12,21,30H,1-2H3. The zero-order valence-electron chi connectivity index (χ0n) is 17.7. The lowest BCUT2D eigenvalue weighted by Gasteiger charge is -2.22. The number of anilines is 1. The van der Waals surface area contributed by atoms with E-state index in [0.717, 1.165) is 15.8 Å². The van der Waals surface area contributed by atoms with Gasteiger partial charge < -0.3 is 5.11 Å². The summed E-state index contributed by atoms with van der Waals surface area (Å²) in [5, 5.41) is 12.2. The molecule has 164 valence electrons. The molecule has 1 atom stereocenters. The number of rotatable bonds is 3. The highest BCUT2D eigenvalue weighted by Gasteiger charge is 2.48. The van der Waals surface area contributed by atoms with E-state index in [1.165, 1.54) is 16.2 Å². The predicted octanol–water partition coefficient (Wildman–Crippen LogP) is 5.59. The molecule has 33 heavy (non-hydrogen) atoms. The van der Waals surface area contributed by atoms with Crippen LogP contribution < -0.4 is 4.90 Å². The molecule has 0 radical (unpaired) electrons. The molecule has 0 spiro atoms. The Morgan fingerprint density at radius 3 is 2.70 bits per heavy atom. The molecule has 1 fully saturated rings. The first-order valence-corrected chi connectivity index (χ1v) is 11.4. The molecule has 8 heteroatoms. The van der Waals surface area contributed by atoms with Crippen LogP contribution in [0.3, 0.4) is 0 Å². The van der Waals surface area contributed by atoms with Gasteiger partial charge in [-0.15, -0.1) is 0 Å². The van der Waals surface area contributed by atoms with Crippen molar-refractivity contribution in [3.63, 3.8) is 0 Å². The van der Waals surface area contributed by atoms with Gasteiger partial charge in [-0.3, -0.25) is 19.5 Å². The number of ketones is 1. The number of aromatic nitrogens is 2. The Kier molecular flexibility index (Phi) is 5.23. The minimum Gasteiger partial charge on any atom is -0.507 e. The van der Waals surface area contributed by atoms with Crippen LogP contribution >= 0.6 is 22.9 Å². The number of carbonyl (C=O) groups excluding carboxylic acids is 2. The van der Waals surface area contributed by atoms with Crippen LogP contribution in [0.4, 0.5) is 5.13 Å². The highest BCUT2D eigenvalue weighted by Crippen LogP contribution is 2.44.